The molecule has 0 aromatic heterocycles. The number of hydrogen-bond acceptors (Lipinski definition) is 3. The van der Waals surface area contributed by atoms with E-state index in [0.29, 0.717) is 19.3 Å². The van der Waals surface area contributed by atoms with E-state index in [1.165, 1.54) is 5.56 Å². The minimum absolute atomic E-state index is 0.340. The van der Waals surface area contributed by atoms with E-state index in [0.717, 1.165) is 25.7 Å². The highest BCUT2D eigenvalue weighted by atomic mass is 16.5. The summed E-state index contributed by atoms with van der Waals surface area (Å²) in [5.74, 6) is -0.340. The van der Waals surface area contributed by atoms with Crippen molar-refractivity contribution < 1.29 is 9.53 Å². The lowest BCUT2D eigenvalue weighted by molar-refractivity contribution is -0.126. The van der Waals surface area contributed by atoms with Crippen LogP contribution in [0.1, 0.15) is 31.7 Å². The lowest BCUT2D eigenvalue weighted by Gasteiger charge is -2.27. The first kappa shape index (κ1) is 15.0. The molecule has 4 nitrogen and oxygen atoms in total. The van der Waals surface area contributed by atoms with Crippen LogP contribution in [0.3, 0.4) is 0 Å². The standard InChI is InChI=1S/C16H24N2O2/c1-16(15(17)19,18-14-9-10-14)12-20-11-5-8-13-6-3-2-4-7-13/h2-4,6-7,14,18H,5,8-12H2,1H3,(H2,17,19). The molecule has 0 radical (unpaired) electrons. The molecule has 0 spiro atoms. The van der Waals surface area contributed by atoms with E-state index in [9.17, 15) is 4.79 Å². The van der Waals surface area contributed by atoms with Crippen molar-refractivity contribution in [3.8, 4) is 0 Å². The summed E-state index contributed by atoms with van der Waals surface area (Å²) in [7, 11) is 0. The van der Waals surface area contributed by atoms with Gasteiger partial charge in [0.2, 0.25) is 5.91 Å². The fourth-order valence-corrected chi connectivity index (χ4v) is 2.16. The molecule has 1 amide bonds. The smallest absolute Gasteiger partial charge is 0.239 e. The molecule has 2 rings (SSSR count). The topological polar surface area (TPSA) is 64.3 Å². The van der Waals surface area contributed by atoms with E-state index in [1.807, 2.05) is 25.1 Å². The van der Waals surface area contributed by atoms with E-state index in [4.69, 9.17) is 10.5 Å². The number of nitrogens with two attached hydrogens (primary N) is 1. The lowest BCUT2D eigenvalue weighted by Crippen LogP contribution is -2.57. The highest BCUT2D eigenvalue weighted by molar-refractivity contribution is 5.84. The number of carbonyl (C=O) groups excluding carboxylic acids is 1. The summed E-state index contributed by atoms with van der Waals surface area (Å²) in [6.45, 7) is 2.81. The molecule has 0 aliphatic heterocycles. The number of ether oxygens (including phenoxy) is 1. The van der Waals surface area contributed by atoms with Gasteiger partial charge in [-0.1, -0.05) is 30.3 Å². The normalized spacial score (nSPS) is 17.6. The van der Waals surface area contributed by atoms with Crippen molar-refractivity contribution in [3.63, 3.8) is 0 Å². The van der Waals surface area contributed by atoms with Gasteiger partial charge < -0.3 is 10.5 Å². The van der Waals surface area contributed by atoms with Gasteiger partial charge in [0, 0.05) is 12.6 Å². The predicted octanol–water partition coefficient (Wildman–Crippen LogP) is 1.63. The molecule has 1 unspecified atom stereocenters. The quantitative estimate of drug-likeness (QED) is 0.674. The Morgan fingerprint density at radius 3 is 2.70 bits per heavy atom. The summed E-state index contributed by atoms with van der Waals surface area (Å²) < 4.78 is 5.65. The molecule has 1 aliphatic carbocycles. The highest BCUT2D eigenvalue weighted by Gasteiger charge is 2.37. The summed E-state index contributed by atoms with van der Waals surface area (Å²) in [6, 6.07) is 10.8. The van der Waals surface area contributed by atoms with Crippen molar-refractivity contribution in [3.05, 3.63) is 35.9 Å². The van der Waals surface area contributed by atoms with Crippen molar-refractivity contribution in [2.24, 2.45) is 5.73 Å². The number of benzene rings is 1. The van der Waals surface area contributed by atoms with Gasteiger partial charge in [0.1, 0.15) is 5.54 Å². The number of carbonyl (C=O) groups is 1. The molecular weight excluding hydrogens is 252 g/mol. The van der Waals surface area contributed by atoms with Gasteiger partial charge >= 0.3 is 0 Å². The minimum Gasteiger partial charge on any atom is -0.379 e. The van der Waals surface area contributed by atoms with Crippen LogP contribution < -0.4 is 11.1 Å². The van der Waals surface area contributed by atoms with Gasteiger partial charge in [-0.15, -0.1) is 0 Å². The number of amides is 1. The fourth-order valence-electron chi connectivity index (χ4n) is 2.16. The third kappa shape index (κ3) is 4.62. The monoisotopic (exact) mass is 276 g/mol. The van der Waals surface area contributed by atoms with Crippen LogP contribution in [0.2, 0.25) is 0 Å². The van der Waals surface area contributed by atoms with Crippen LogP contribution in [0, 0.1) is 0 Å². The van der Waals surface area contributed by atoms with Crippen LogP contribution >= 0.6 is 0 Å². The van der Waals surface area contributed by atoms with Gasteiger partial charge in [0.25, 0.3) is 0 Å². The average molecular weight is 276 g/mol. The molecule has 1 fully saturated rings. The maximum Gasteiger partial charge on any atom is 0.239 e. The van der Waals surface area contributed by atoms with Gasteiger partial charge in [-0.25, -0.2) is 0 Å². The Bertz CT molecular complexity index is 431. The summed E-state index contributed by atoms with van der Waals surface area (Å²) in [4.78, 5) is 11.5. The lowest BCUT2D eigenvalue weighted by atomic mass is 10.0. The summed E-state index contributed by atoms with van der Waals surface area (Å²) in [5.41, 5.74) is 6.04. The van der Waals surface area contributed by atoms with Gasteiger partial charge in [0.05, 0.1) is 6.61 Å². The molecule has 3 N–H and O–H groups in total. The second-order valence-electron chi connectivity index (χ2n) is 5.76. The third-order valence-electron chi connectivity index (χ3n) is 3.63. The van der Waals surface area contributed by atoms with Crippen LogP contribution in [0.4, 0.5) is 0 Å². The van der Waals surface area contributed by atoms with Crippen molar-refractivity contribution in [2.75, 3.05) is 13.2 Å². The first-order chi connectivity index (χ1) is 9.60. The van der Waals surface area contributed by atoms with Crippen molar-refractivity contribution in [1.29, 1.82) is 0 Å². The number of rotatable bonds is 9. The Morgan fingerprint density at radius 1 is 1.40 bits per heavy atom. The van der Waals surface area contributed by atoms with E-state index >= 15 is 0 Å². The summed E-state index contributed by atoms with van der Waals surface area (Å²) in [5, 5.41) is 3.28. The molecule has 1 saturated carbocycles. The van der Waals surface area contributed by atoms with E-state index in [2.05, 4.69) is 17.4 Å². The largest absolute Gasteiger partial charge is 0.379 e. The number of nitrogens with one attached hydrogen (secondary N) is 1. The van der Waals surface area contributed by atoms with Crippen LogP contribution in [0.5, 0.6) is 0 Å². The van der Waals surface area contributed by atoms with Crippen LogP contribution in [0.25, 0.3) is 0 Å². The van der Waals surface area contributed by atoms with Crippen molar-refractivity contribution in [1.82, 2.24) is 5.32 Å². The molecule has 1 aromatic carbocycles. The Labute approximate surface area is 120 Å². The second kappa shape index (κ2) is 6.86. The number of aryl methyl sites for hydroxylation is 1. The van der Waals surface area contributed by atoms with Gasteiger partial charge in [-0.2, -0.15) is 0 Å². The molecule has 1 atom stereocenters. The van der Waals surface area contributed by atoms with Crippen molar-refractivity contribution >= 4 is 5.91 Å². The molecule has 0 bridgehead atoms. The van der Waals surface area contributed by atoms with Crippen molar-refractivity contribution in [2.45, 2.75) is 44.2 Å². The second-order valence-corrected chi connectivity index (χ2v) is 5.76. The molecule has 1 aromatic rings. The predicted molar refractivity (Wildman–Crippen MR) is 79.3 cm³/mol. The van der Waals surface area contributed by atoms with E-state index in [-0.39, 0.29) is 5.91 Å². The highest BCUT2D eigenvalue weighted by Crippen LogP contribution is 2.22. The maximum absolute atomic E-state index is 11.5. The average Bonchev–Trinajstić information content (AvgIpc) is 3.23. The summed E-state index contributed by atoms with van der Waals surface area (Å²) in [6.07, 6.45) is 4.18. The number of primary amides is 1. The Hall–Kier alpha value is -1.39. The van der Waals surface area contributed by atoms with Gasteiger partial charge in [-0.05, 0) is 38.2 Å². The molecule has 20 heavy (non-hydrogen) atoms. The van der Waals surface area contributed by atoms with E-state index < -0.39 is 5.54 Å². The first-order valence-electron chi connectivity index (χ1n) is 7.29. The Morgan fingerprint density at radius 2 is 2.10 bits per heavy atom. The summed E-state index contributed by atoms with van der Waals surface area (Å²) >= 11 is 0. The zero-order valence-corrected chi connectivity index (χ0v) is 12.1. The Kier molecular flexibility index (Phi) is 5.15. The Balaban J connectivity index is 1.67. The molecule has 4 heteroatoms. The molecule has 110 valence electrons. The minimum atomic E-state index is -0.742. The van der Waals surface area contributed by atoms with Crippen LogP contribution in [-0.4, -0.2) is 30.7 Å². The zero-order chi connectivity index (χ0) is 14.4. The SMILES string of the molecule is CC(COCCCc1ccccc1)(NC1CC1)C(N)=O. The van der Waals surface area contributed by atoms with E-state index in [1.54, 1.807) is 0 Å². The molecule has 0 saturated heterocycles. The first-order valence-corrected chi connectivity index (χ1v) is 7.29. The molecule has 0 heterocycles. The fraction of sp³-hybridized carbons (Fsp3) is 0.562. The van der Waals surface area contributed by atoms with Crippen LogP contribution in [-0.2, 0) is 16.0 Å². The number of hydrogen-bond donors (Lipinski definition) is 2. The molecule has 1 aliphatic rings. The zero-order valence-electron chi connectivity index (χ0n) is 12.1. The van der Waals surface area contributed by atoms with Crippen LogP contribution in [0.15, 0.2) is 30.3 Å². The maximum atomic E-state index is 11.5. The van der Waals surface area contributed by atoms with Gasteiger partial charge in [0.15, 0.2) is 0 Å². The molecular formula is C16H24N2O2. The third-order valence-corrected chi connectivity index (χ3v) is 3.63. The van der Waals surface area contributed by atoms with Gasteiger partial charge in [-0.3, -0.25) is 10.1 Å².